The first-order valence-corrected chi connectivity index (χ1v) is 13.2. The molecule has 0 unspecified atom stereocenters. The van der Waals surface area contributed by atoms with Crippen molar-refractivity contribution in [1.29, 1.82) is 0 Å². The Labute approximate surface area is 237 Å². The van der Waals surface area contributed by atoms with Crippen LogP contribution in [0.25, 0.3) is 22.2 Å². The van der Waals surface area contributed by atoms with Crippen molar-refractivity contribution in [3.63, 3.8) is 0 Å². The molecule has 0 saturated carbocycles. The topological polar surface area (TPSA) is 107 Å². The van der Waals surface area contributed by atoms with Gasteiger partial charge in [-0.15, -0.1) is 0 Å². The van der Waals surface area contributed by atoms with Crippen LogP contribution in [0.2, 0.25) is 0 Å². The van der Waals surface area contributed by atoms with Crippen molar-refractivity contribution in [1.82, 2.24) is 4.98 Å². The molecular formula is C31H31BrN4O3. The number of rotatable bonds is 6. The van der Waals surface area contributed by atoms with Crippen molar-refractivity contribution in [2.45, 2.75) is 20.8 Å². The van der Waals surface area contributed by atoms with E-state index >= 15 is 0 Å². The molecule has 0 spiro atoms. The van der Waals surface area contributed by atoms with Crippen molar-refractivity contribution >= 4 is 50.1 Å². The molecular weight excluding hydrogens is 556 g/mol. The van der Waals surface area contributed by atoms with Crippen LogP contribution in [0, 0.1) is 6.92 Å². The zero-order chi connectivity index (χ0) is 28.5. The number of aromatic nitrogens is 1. The molecule has 4 rings (SSSR count). The molecule has 0 aliphatic carbocycles. The number of ether oxygens (including phenoxy) is 1. The number of fused-ring (bicyclic) bond motifs is 1. The zero-order valence-electron chi connectivity index (χ0n) is 22.6. The number of carbonyl (C=O) groups is 2. The highest BCUT2D eigenvalue weighted by molar-refractivity contribution is 9.10. The summed E-state index contributed by atoms with van der Waals surface area (Å²) < 4.78 is 5.70. The number of aliphatic imine (C=N–C) groups is 1. The lowest BCUT2D eigenvalue weighted by Gasteiger charge is -2.17. The fraction of sp³-hybridized carbons (Fsp3) is 0.161. The third-order valence-corrected chi connectivity index (χ3v) is 6.42. The summed E-state index contributed by atoms with van der Waals surface area (Å²) in [5.41, 5.74) is 11.0. The van der Waals surface area contributed by atoms with E-state index in [-0.39, 0.29) is 5.91 Å². The molecule has 3 aromatic carbocycles. The van der Waals surface area contributed by atoms with Gasteiger partial charge in [0.15, 0.2) is 0 Å². The number of nitrogens with two attached hydrogens (primary N) is 1. The normalized spacial score (nSPS) is 11.2. The Hall–Kier alpha value is -4.30. The number of methoxy groups -OCH3 is 1. The van der Waals surface area contributed by atoms with Crippen molar-refractivity contribution < 1.29 is 14.3 Å². The van der Waals surface area contributed by atoms with Crippen LogP contribution in [-0.2, 0) is 4.74 Å². The summed E-state index contributed by atoms with van der Waals surface area (Å²) in [5, 5.41) is 3.74. The first-order chi connectivity index (χ1) is 18.9. The maximum atomic E-state index is 13.9. The highest BCUT2D eigenvalue weighted by Crippen LogP contribution is 2.32. The second-order valence-corrected chi connectivity index (χ2v) is 9.08. The van der Waals surface area contributed by atoms with E-state index in [0.717, 1.165) is 21.3 Å². The fourth-order valence-corrected chi connectivity index (χ4v) is 4.53. The fourth-order valence-electron chi connectivity index (χ4n) is 4.17. The van der Waals surface area contributed by atoms with Gasteiger partial charge in [0, 0.05) is 28.0 Å². The Bertz CT molecular complexity index is 1560. The Morgan fingerprint density at radius 1 is 1.05 bits per heavy atom. The van der Waals surface area contributed by atoms with Crippen LogP contribution in [-0.4, -0.2) is 36.7 Å². The summed E-state index contributed by atoms with van der Waals surface area (Å²) in [6.07, 6.45) is 2.95. The molecule has 200 valence electrons. The Morgan fingerprint density at radius 3 is 2.41 bits per heavy atom. The van der Waals surface area contributed by atoms with Gasteiger partial charge >= 0.3 is 5.97 Å². The van der Waals surface area contributed by atoms with Gasteiger partial charge in [0.1, 0.15) is 0 Å². The minimum absolute atomic E-state index is 0.320. The summed E-state index contributed by atoms with van der Waals surface area (Å²) in [6.45, 7) is 5.89. The van der Waals surface area contributed by atoms with Crippen LogP contribution >= 0.6 is 15.9 Å². The van der Waals surface area contributed by atoms with Crippen LogP contribution in [0.4, 0.5) is 5.69 Å². The average Bonchev–Trinajstić information content (AvgIpc) is 2.97. The van der Waals surface area contributed by atoms with Gasteiger partial charge in [-0.2, -0.15) is 0 Å². The number of allylic oxidation sites excluding steroid dienone is 1. The van der Waals surface area contributed by atoms with E-state index in [1.54, 1.807) is 31.3 Å². The van der Waals surface area contributed by atoms with E-state index < -0.39 is 5.97 Å². The van der Waals surface area contributed by atoms with Gasteiger partial charge in [-0.1, -0.05) is 60.1 Å². The predicted molar refractivity (Wildman–Crippen MR) is 162 cm³/mol. The number of pyridine rings is 1. The molecule has 0 radical (unpaired) electrons. The first kappa shape index (κ1) is 29.3. The van der Waals surface area contributed by atoms with Crippen molar-refractivity contribution in [2.24, 2.45) is 10.7 Å². The molecule has 3 N–H and O–H groups in total. The van der Waals surface area contributed by atoms with E-state index in [1.165, 1.54) is 13.3 Å². The van der Waals surface area contributed by atoms with E-state index in [0.29, 0.717) is 39.0 Å². The Balaban J connectivity index is 0.00000205. The predicted octanol–water partition coefficient (Wildman–Crippen LogP) is 6.93. The van der Waals surface area contributed by atoms with Gasteiger partial charge in [0.05, 0.1) is 40.8 Å². The third-order valence-electron chi connectivity index (χ3n) is 5.92. The number of carbonyl (C=O) groups excluding carboxylic acids is 2. The number of esters is 1. The lowest BCUT2D eigenvalue weighted by atomic mass is 9.96. The number of hydrogen-bond donors (Lipinski definition) is 2. The van der Waals surface area contributed by atoms with Gasteiger partial charge in [0.25, 0.3) is 5.91 Å². The SMILES string of the molecule is CC.CN=C(/C=C\N)c1cc(C(=O)OC)ccc1NC(=O)c1c(C)c(-c2ccccc2)nc2ccc(Br)cc12. The van der Waals surface area contributed by atoms with Gasteiger partial charge in [0.2, 0.25) is 0 Å². The second kappa shape index (κ2) is 13.5. The minimum Gasteiger partial charge on any atom is -0.465 e. The molecule has 7 nitrogen and oxygen atoms in total. The van der Waals surface area contributed by atoms with Gasteiger partial charge in [-0.25, -0.2) is 9.78 Å². The van der Waals surface area contributed by atoms with Crippen LogP contribution in [0.5, 0.6) is 0 Å². The van der Waals surface area contributed by atoms with E-state index in [4.69, 9.17) is 15.5 Å². The van der Waals surface area contributed by atoms with E-state index in [2.05, 4.69) is 26.2 Å². The van der Waals surface area contributed by atoms with Crippen LogP contribution in [0.3, 0.4) is 0 Å². The molecule has 4 aromatic rings. The van der Waals surface area contributed by atoms with E-state index in [9.17, 15) is 9.59 Å². The molecule has 1 amide bonds. The number of hydrogen-bond acceptors (Lipinski definition) is 6. The number of amides is 1. The van der Waals surface area contributed by atoms with Gasteiger partial charge in [-0.05, 0) is 61.2 Å². The number of anilines is 1. The molecule has 0 aliphatic heterocycles. The summed E-state index contributed by atoms with van der Waals surface area (Å²) in [4.78, 5) is 35.2. The summed E-state index contributed by atoms with van der Waals surface area (Å²) in [5.74, 6) is -0.820. The maximum absolute atomic E-state index is 13.9. The zero-order valence-corrected chi connectivity index (χ0v) is 24.2. The standard InChI is InChI=1S/C29H25BrN4O3.C2H6/c1-17-26(22-16-20(30)10-12-25(22)33-27(17)18-7-5-4-6-8-18)28(35)34-24-11-9-19(29(36)37-3)15-21(24)23(32-2)13-14-31;1-2/h4-16H,31H2,1-3H3,(H,34,35);1-2H3/b14-13-,32-23?;. The summed E-state index contributed by atoms with van der Waals surface area (Å²) in [7, 11) is 2.92. The number of nitrogens with zero attached hydrogens (tertiary/aromatic N) is 2. The summed E-state index contributed by atoms with van der Waals surface area (Å²) >= 11 is 3.52. The molecule has 1 aromatic heterocycles. The quantitative estimate of drug-likeness (QED) is 0.188. The minimum atomic E-state index is -0.500. The van der Waals surface area contributed by atoms with Crippen molar-refractivity contribution in [2.75, 3.05) is 19.5 Å². The number of benzene rings is 3. The molecule has 0 atom stereocenters. The monoisotopic (exact) mass is 586 g/mol. The number of halogens is 1. The smallest absolute Gasteiger partial charge is 0.337 e. The van der Waals surface area contributed by atoms with Crippen LogP contribution in [0.1, 0.15) is 45.7 Å². The molecule has 0 aliphatic rings. The van der Waals surface area contributed by atoms with Crippen molar-refractivity contribution in [3.05, 3.63) is 106 Å². The summed E-state index contributed by atoms with van der Waals surface area (Å²) in [6, 6.07) is 20.3. The van der Waals surface area contributed by atoms with Gasteiger partial charge < -0.3 is 15.8 Å². The average molecular weight is 588 g/mol. The molecule has 39 heavy (non-hydrogen) atoms. The van der Waals surface area contributed by atoms with Crippen molar-refractivity contribution in [3.8, 4) is 11.3 Å². The highest BCUT2D eigenvalue weighted by atomic mass is 79.9. The first-order valence-electron chi connectivity index (χ1n) is 12.4. The van der Waals surface area contributed by atoms with Crippen LogP contribution < -0.4 is 11.1 Å². The highest BCUT2D eigenvalue weighted by Gasteiger charge is 2.21. The molecule has 1 heterocycles. The second-order valence-electron chi connectivity index (χ2n) is 8.16. The Morgan fingerprint density at radius 2 is 1.77 bits per heavy atom. The lowest BCUT2D eigenvalue weighted by Crippen LogP contribution is -2.18. The Kier molecular flexibility index (Phi) is 10.1. The van der Waals surface area contributed by atoms with Crippen LogP contribution in [0.15, 0.2) is 88.5 Å². The van der Waals surface area contributed by atoms with E-state index in [1.807, 2.05) is 69.3 Å². The molecule has 0 saturated heterocycles. The maximum Gasteiger partial charge on any atom is 0.337 e. The largest absolute Gasteiger partial charge is 0.465 e. The molecule has 0 fully saturated rings. The number of nitrogens with one attached hydrogen (secondary N) is 1. The lowest BCUT2D eigenvalue weighted by molar-refractivity contribution is 0.0600. The van der Waals surface area contributed by atoms with Gasteiger partial charge in [-0.3, -0.25) is 9.79 Å². The molecule has 0 bridgehead atoms. The molecule has 8 heteroatoms. The third kappa shape index (κ3) is 6.41.